The van der Waals surface area contributed by atoms with Crippen LogP contribution in [0, 0.1) is 29.9 Å². The predicted octanol–water partition coefficient (Wildman–Crippen LogP) is 2.88. The van der Waals surface area contributed by atoms with Crippen LogP contribution in [0.4, 0.5) is 5.69 Å². The van der Waals surface area contributed by atoms with Gasteiger partial charge in [0.25, 0.3) is 11.6 Å². The van der Waals surface area contributed by atoms with E-state index in [1.807, 2.05) is 31.2 Å². The lowest BCUT2D eigenvalue weighted by molar-refractivity contribution is -0.385. The van der Waals surface area contributed by atoms with E-state index >= 15 is 0 Å². The zero-order chi connectivity index (χ0) is 19.3. The monoisotopic (exact) mass is 356 g/mol. The zero-order valence-electron chi connectivity index (χ0n) is 14.6. The highest BCUT2D eigenvalue weighted by atomic mass is 16.6. The van der Waals surface area contributed by atoms with Crippen LogP contribution in [0.2, 0.25) is 0 Å². The maximum Gasteiger partial charge on any atom is 0.308 e. The molecular formula is C19H20N2O5. The summed E-state index contributed by atoms with van der Waals surface area (Å²) in [5.74, 6) is -2.33. The molecular weight excluding hydrogens is 336 g/mol. The molecule has 0 heterocycles. The van der Waals surface area contributed by atoms with Crippen LogP contribution in [0.3, 0.4) is 0 Å². The van der Waals surface area contributed by atoms with Crippen molar-refractivity contribution in [1.29, 1.82) is 0 Å². The maximum absolute atomic E-state index is 12.3. The SMILES string of the molecule is Cc1cccc(CC(CNC(=O)c2cccc([N+](=O)[O-])c2C)C(=O)O)c1. The highest BCUT2D eigenvalue weighted by Crippen LogP contribution is 2.21. The molecule has 0 aliphatic rings. The number of hydrogen-bond acceptors (Lipinski definition) is 4. The average Bonchev–Trinajstić information content (AvgIpc) is 2.58. The molecule has 1 amide bonds. The van der Waals surface area contributed by atoms with Crippen molar-refractivity contribution in [1.82, 2.24) is 5.32 Å². The summed E-state index contributed by atoms with van der Waals surface area (Å²) in [6, 6.07) is 11.8. The number of nitrogens with one attached hydrogen (secondary N) is 1. The second kappa shape index (κ2) is 8.24. The van der Waals surface area contributed by atoms with Crippen LogP contribution >= 0.6 is 0 Å². The molecule has 0 aliphatic heterocycles. The number of rotatable bonds is 7. The lowest BCUT2D eigenvalue weighted by Crippen LogP contribution is -2.34. The average molecular weight is 356 g/mol. The van der Waals surface area contributed by atoms with Gasteiger partial charge in [0, 0.05) is 23.7 Å². The first-order chi connectivity index (χ1) is 12.3. The molecule has 0 saturated heterocycles. The molecule has 0 bridgehead atoms. The van der Waals surface area contributed by atoms with Gasteiger partial charge in [0.05, 0.1) is 10.8 Å². The third-order valence-corrected chi connectivity index (χ3v) is 4.17. The quantitative estimate of drug-likeness (QED) is 0.585. The summed E-state index contributed by atoms with van der Waals surface area (Å²) >= 11 is 0. The van der Waals surface area contributed by atoms with Crippen LogP contribution in [0.5, 0.6) is 0 Å². The predicted molar refractivity (Wildman–Crippen MR) is 96.2 cm³/mol. The number of benzene rings is 2. The molecule has 0 radical (unpaired) electrons. The Morgan fingerprint density at radius 2 is 1.88 bits per heavy atom. The molecule has 7 nitrogen and oxygen atoms in total. The molecule has 1 atom stereocenters. The van der Waals surface area contributed by atoms with Gasteiger partial charge in [0.15, 0.2) is 0 Å². The standard InChI is InChI=1S/C19H20N2O5/c1-12-5-3-6-14(9-12)10-15(19(23)24)11-20-18(22)16-7-4-8-17(13(16)2)21(25)26/h3-9,15H,10-11H2,1-2H3,(H,20,22)(H,23,24). The Morgan fingerprint density at radius 3 is 2.50 bits per heavy atom. The van der Waals surface area contributed by atoms with E-state index in [2.05, 4.69) is 5.32 Å². The van der Waals surface area contributed by atoms with Gasteiger partial charge in [-0.2, -0.15) is 0 Å². The smallest absolute Gasteiger partial charge is 0.308 e. The van der Waals surface area contributed by atoms with Crippen LogP contribution in [-0.4, -0.2) is 28.5 Å². The number of carbonyl (C=O) groups is 2. The Labute approximate surface area is 150 Å². The fourth-order valence-electron chi connectivity index (χ4n) is 2.75. The van der Waals surface area contributed by atoms with Crippen LogP contribution < -0.4 is 5.32 Å². The van der Waals surface area contributed by atoms with Gasteiger partial charge in [-0.1, -0.05) is 35.9 Å². The number of nitro benzene ring substituents is 1. The Kier molecular flexibility index (Phi) is 6.06. The highest BCUT2D eigenvalue weighted by molar-refractivity contribution is 5.96. The minimum absolute atomic E-state index is 0.0652. The van der Waals surface area contributed by atoms with Gasteiger partial charge in [-0.15, -0.1) is 0 Å². The highest BCUT2D eigenvalue weighted by Gasteiger charge is 2.22. The first-order valence-electron chi connectivity index (χ1n) is 8.10. The Bertz CT molecular complexity index is 848. The van der Waals surface area contributed by atoms with Crippen LogP contribution in [0.25, 0.3) is 0 Å². The van der Waals surface area contributed by atoms with Gasteiger partial charge in [-0.05, 0) is 31.9 Å². The summed E-state index contributed by atoms with van der Waals surface area (Å²) in [5.41, 5.74) is 2.17. The van der Waals surface area contributed by atoms with E-state index < -0.39 is 22.7 Å². The molecule has 0 spiro atoms. The molecule has 1 unspecified atom stereocenters. The molecule has 0 fully saturated rings. The van der Waals surface area contributed by atoms with E-state index in [9.17, 15) is 24.8 Å². The van der Waals surface area contributed by atoms with Crippen molar-refractivity contribution in [2.75, 3.05) is 6.54 Å². The van der Waals surface area contributed by atoms with Crippen molar-refractivity contribution in [2.45, 2.75) is 20.3 Å². The van der Waals surface area contributed by atoms with Gasteiger partial charge < -0.3 is 10.4 Å². The van der Waals surface area contributed by atoms with Gasteiger partial charge in [0.1, 0.15) is 0 Å². The number of nitro groups is 1. The number of hydrogen-bond donors (Lipinski definition) is 2. The Morgan fingerprint density at radius 1 is 1.19 bits per heavy atom. The number of carbonyl (C=O) groups excluding carboxylic acids is 1. The van der Waals surface area contributed by atoms with Crippen molar-refractivity contribution in [3.8, 4) is 0 Å². The van der Waals surface area contributed by atoms with E-state index in [1.165, 1.54) is 25.1 Å². The second-order valence-electron chi connectivity index (χ2n) is 6.15. The van der Waals surface area contributed by atoms with Crippen molar-refractivity contribution < 1.29 is 19.6 Å². The summed E-state index contributed by atoms with van der Waals surface area (Å²) in [6.45, 7) is 3.35. The summed E-state index contributed by atoms with van der Waals surface area (Å²) < 4.78 is 0. The van der Waals surface area contributed by atoms with Crippen LogP contribution in [0.1, 0.15) is 27.0 Å². The fourth-order valence-corrected chi connectivity index (χ4v) is 2.75. The largest absolute Gasteiger partial charge is 0.481 e. The molecule has 7 heteroatoms. The zero-order valence-corrected chi connectivity index (χ0v) is 14.6. The van der Waals surface area contributed by atoms with Crippen LogP contribution in [-0.2, 0) is 11.2 Å². The first-order valence-corrected chi connectivity index (χ1v) is 8.10. The fraction of sp³-hybridized carbons (Fsp3) is 0.263. The maximum atomic E-state index is 12.3. The van der Waals surface area contributed by atoms with Gasteiger partial charge >= 0.3 is 5.97 Å². The number of carboxylic acid groups (broad SMARTS) is 1. The number of nitrogens with zero attached hydrogens (tertiary/aromatic N) is 1. The number of aryl methyl sites for hydroxylation is 1. The third-order valence-electron chi connectivity index (χ3n) is 4.17. The summed E-state index contributed by atoms with van der Waals surface area (Å²) in [4.78, 5) is 34.3. The van der Waals surface area contributed by atoms with Gasteiger partial charge in [-0.3, -0.25) is 19.7 Å². The topological polar surface area (TPSA) is 110 Å². The molecule has 2 aromatic rings. The van der Waals surface area contributed by atoms with E-state index in [4.69, 9.17) is 0 Å². The van der Waals surface area contributed by atoms with Crippen molar-refractivity contribution in [3.05, 3.63) is 74.8 Å². The number of amides is 1. The molecule has 26 heavy (non-hydrogen) atoms. The molecule has 2 rings (SSSR count). The van der Waals surface area contributed by atoms with E-state index in [0.29, 0.717) is 0 Å². The summed E-state index contributed by atoms with van der Waals surface area (Å²) in [6.07, 6.45) is 0.283. The minimum atomic E-state index is -1.01. The van der Waals surface area contributed by atoms with Crippen molar-refractivity contribution in [2.24, 2.45) is 5.92 Å². The van der Waals surface area contributed by atoms with E-state index in [1.54, 1.807) is 0 Å². The molecule has 136 valence electrons. The van der Waals surface area contributed by atoms with E-state index in [0.717, 1.165) is 11.1 Å². The van der Waals surface area contributed by atoms with Crippen molar-refractivity contribution in [3.63, 3.8) is 0 Å². The number of aliphatic carboxylic acids is 1. The molecule has 0 aromatic heterocycles. The molecule has 0 saturated carbocycles. The summed E-state index contributed by atoms with van der Waals surface area (Å²) in [5, 5.41) is 23.0. The number of carboxylic acids is 1. The normalized spacial score (nSPS) is 11.6. The Balaban J connectivity index is 2.09. The molecule has 0 aliphatic carbocycles. The van der Waals surface area contributed by atoms with Gasteiger partial charge in [0.2, 0.25) is 0 Å². The lowest BCUT2D eigenvalue weighted by Gasteiger charge is -2.14. The van der Waals surface area contributed by atoms with Crippen molar-refractivity contribution >= 4 is 17.6 Å². The molecule has 2 aromatic carbocycles. The second-order valence-corrected chi connectivity index (χ2v) is 6.15. The minimum Gasteiger partial charge on any atom is -0.481 e. The van der Waals surface area contributed by atoms with Crippen LogP contribution in [0.15, 0.2) is 42.5 Å². The van der Waals surface area contributed by atoms with Gasteiger partial charge in [-0.25, -0.2) is 0 Å². The molecule has 2 N–H and O–H groups in total. The summed E-state index contributed by atoms with van der Waals surface area (Å²) in [7, 11) is 0. The Hall–Kier alpha value is -3.22. The third kappa shape index (κ3) is 4.66. The van der Waals surface area contributed by atoms with E-state index in [-0.39, 0.29) is 29.8 Å². The first kappa shape index (κ1) is 19.1. The lowest BCUT2D eigenvalue weighted by atomic mass is 9.98.